The van der Waals surface area contributed by atoms with Crippen molar-refractivity contribution in [1.29, 1.82) is 0 Å². The lowest BCUT2D eigenvalue weighted by atomic mass is 10.3. The molecule has 7 heteroatoms. The molecule has 0 saturated carbocycles. The van der Waals surface area contributed by atoms with Crippen LogP contribution < -0.4 is 10.6 Å². The summed E-state index contributed by atoms with van der Waals surface area (Å²) in [5.74, 6) is -1.16. The number of anilines is 1. The summed E-state index contributed by atoms with van der Waals surface area (Å²) in [7, 11) is 1.65. The highest BCUT2D eigenvalue weighted by Crippen LogP contribution is 2.07. The van der Waals surface area contributed by atoms with E-state index in [1.54, 1.807) is 20.0 Å². The standard InChI is InChI=1S/C14H15FN4O2/c1-9-7-12(19(2)18-9)14(21)16-8-13(20)17-11-5-3-10(15)4-6-11/h3-7H,8H2,1-2H3,(H,16,21)(H,17,20). The number of amides is 2. The van der Waals surface area contributed by atoms with E-state index in [2.05, 4.69) is 15.7 Å². The molecule has 0 aliphatic heterocycles. The summed E-state index contributed by atoms with van der Waals surface area (Å²) in [6, 6.07) is 7.01. The third-order valence-corrected chi connectivity index (χ3v) is 2.77. The molecule has 0 saturated heterocycles. The Labute approximate surface area is 121 Å². The maximum Gasteiger partial charge on any atom is 0.269 e. The third kappa shape index (κ3) is 3.88. The van der Waals surface area contributed by atoms with Gasteiger partial charge < -0.3 is 10.6 Å². The van der Waals surface area contributed by atoms with E-state index in [9.17, 15) is 14.0 Å². The van der Waals surface area contributed by atoms with Crippen molar-refractivity contribution < 1.29 is 14.0 Å². The molecule has 1 heterocycles. The number of rotatable bonds is 4. The lowest BCUT2D eigenvalue weighted by Gasteiger charge is -2.07. The highest BCUT2D eigenvalue weighted by atomic mass is 19.1. The van der Waals surface area contributed by atoms with Gasteiger partial charge in [-0.2, -0.15) is 5.10 Å². The molecule has 0 bridgehead atoms. The number of benzene rings is 1. The molecule has 110 valence electrons. The number of nitrogens with zero attached hydrogens (tertiary/aromatic N) is 2. The SMILES string of the molecule is Cc1cc(C(=O)NCC(=O)Nc2ccc(F)cc2)n(C)n1. The van der Waals surface area contributed by atoms with Crippen LogP contribution in [0.1, 0.15) is 16.2 Å². The van der Waals surface area contributed by atoms with Crippen molar-refractivity contribution >= 4 is 17.5 Å². The summed E-state index contributed by atoms with van der Waals surface area (Å²) in [5, 5.41) is 9.11. The van der Waals surface area contributed by atoms with Crippen LogP contribution in [0.4, 0.5) is 10.1 Å². The Kier molecular flexibility index (Phi) is 4.32. The zero-order valence-corrected chi connectivity index (χ0v) is 11.7. The second kappa shape index (κ2) is 6.17. The van der Waals surface area contributed by atoms with E-state index >= 15 is 0 Å². The Bertz CT molecular complexity index is 664. The van der Waals surface area contributed by atoms with Crippen LogP contribution in [-0.4, -0.2) is 28.1 Å². The van der Waals surface area contributed by atoms with Crippen molar-refractivity contribution in [2.75, 3.05) is 11.9 Å². The quantitative estimate of drug-likeness (QED) is 0.889. The molecule has 2 N–H and O–H groups in total. The van der Waals surface area contributed by atoms with E-state index in [0.29, 0.717) is 11.4 Å². The monoisotopic (exact) mass is 290 g/mol. The summed E-state index contributed by atoms with van der Waals surface area (Å²) in [4.78, 5) is 23.6. The molecule has 0 aliphatic carbocycles. The number of aryl methyl sites for hydroxylation is 2. The molecule has 2 rings (SSSR count). The van der Waals surface area contributed by atoms with Crippen LogP contribution in [0.25, 0.3) is 0 Å². The van der Waals surface area contributed by atoms with Gasteiger partial charge in [0, 0.05) is 12.7 Å². The lowest BCUT2D eigenvalue weighted by Crippen LogP contribution is -2.33. The Morgan fingerprint density at radius 2 is 1.95 bits per heavy atom. The van der Waals surface area contributed by atoms with Crippen LogP contribution in [0.5, 0.6) is 0 Å². The first-order valence-corrected chi connectivity index (χ1v) is 6.30. The molecule has 2 amide bonds. The minimum Gasteiger partial charge on any atom is -0.342 e. The topological polar surface area (TPSA) is 76.0 Å². The average Bonchev–Trinajstić information content (AvgIpc) is 2.78. The largest absolute Gasteiger partial charge is 0.342 e. The highest BCUT2D eigenvalue weighted by molar-refractivity contribution is 5.98. The number of carbonyl (C=O) groups is 2. The molecule has 2 aromatic rings. The van der Waals surface area contributed by atoms with Crippen LogP contribution in [-0.2, 0) is 11.8 Å². The Hall–Kier alpha value is -2.70. The van der Waals surface area contributed by atoms with Crippen molar-refractivity contribution in [3.8, 4) is 0 Å². The van der Waals surface area contributed by atoms with E-state index in [1.807, 2.05) is 0 Å². The van der Waals surface area contributed by atoms with E-state index in [-0.39, 0.29) is 18.3 Å². The Balaban J connectivity index is 1.88. The Morgan fingerprint density at radius 1 is 1.29 bits per heavy atom. The fourth-order valence-corrected chi connectivity index (χ4v) is 1.81. The Morgan fingerprint density at radius 3 is 2.52 bits per heavy atom. The zero-order chi connectivity index (χ0) is 15.4. The lowest BCUT2D eigenvalue weighted by molar-refractivity contribution is -0.115. The fraction of sp³-hybridized carbons (Fsp3) is 0.214. The first kappa shape index (κ1) is 14.7. The minimum absolute atomic E-state index is 0.180. The number of halogens is 1. The fourth-order valence-electron chi connectivity index (χ4n) is 1.81. The van der Waals surface area contributed by atoms with Crippen molar-refractivity contribution in [2.24, 2.45) is 7.05 Å². The summed E-state index contributed by atoms with van der Waals surface area (Å²) in [6.45, 7) is 1.60. The van der Waals surface area contributed by atoms with Crippen molar-refractivity contribution in [3.05, 3.63) is 47.5 Å². The number of aromatic nitrogens is 2. The van der Waals surface area contributed by atoms with Gasteiger partial charge in [0.15, 0.2) is 0 Å². The molecule has 0 unspecified atom stereocenters. The van der Waals surface area contributed by atoms with Gasteiger partial charge in [-0.25, -0.2) is 4.39 Å². The van der Waals surface area contributed by atoms with Gasteiger partial charge in [-0.15, -0.1) is 0 Å². The van der Waals surface area contributed by atoms with Crippen LogP contribution in [0, 0.1) is 12.7 Å². The average molecular weight is 290 g/mol. The van der Waals surface area contributed by atoms with Gasteiger partial charge in [0.05, 0.1) is 12.2 Å². The van der Waals surface area contributed by atoms with Crippen LogP contribution in [0.15, 0.2) is 30.3 Å². The van der Waals surface area contributed by atoms with Crippen LogP contribution >= 0.6 is 0 Å². The van der Waals surface area contributed by atoms with Gasteiger partial charge in [0.25, 0.3) is 5.91 Å². The van der Waals surface area contributed by atoms with E-state index < -0.39 is 5.91 Å². The smallest absolute Gasteiger partial charge is 0.269 e. The maximum absolute atomic E-state index is 12.7. The summed E-state index contributed by atoms with van der Waals surface area (Å²) in [6.07, 6.45) is 0. The maximum atomic E-state index is 12.7. The predicted molar refractivity (Wildman–Crippen MR) is 75.3 cm³/mol. The molecule has 6 nitrogen and oxygen atoms in total. The molecule has 1 aromatic heterocycles. The van der Waals surface area contributed by atoms with Gasteiger partial charge >= 0.3 is 0 Å². The molecular weight excluding hydrogens is 275 g/mol. The summed E-state index contributed by atoms with van der Waals surface area (Å²) >= 11 is 0. The van der Waals surface area contributed by atoms with Crippen molar-refractivity contribution in [3.63, 3.8) is 0 Å². The molecule has 0 aliphatic rings. The normalized spacial score (nSPS) is 10.2. The van der Waals surface area contributed by atoms with Gasteiger partial charge in [0.1, 0.15) is 11.5 Å². The van der Waals surface area contributed by atoms with Gasteiger partial charge in [0.2, 0.25) is 5.91 Å². The second-order valence-corrected chi connectivity index (χ2v) is 4.53. The predicted octanol–water partition coefficient (Wildman–Crippen LogP) is 1.24. The van der Waals surface area contributed by atoms with E-state index in [1.165, 1.54) is 28.9 Å². The van der Waals surface area contributed by atoms with E-state index in [0.717, 1.165) is 5.69 Å². The third-order valence-electron chi connectivity index (χ3n) is 2.77. The van der Waals surface area contributed by atoms with Crippen molar-refractivity contribution in [1.82, 2.24) is 15.1 Å². The number of hydrogen-bond donors (Lipinski definition) is 2. The minimum atomic E-state index is -0.395. The summed E-state index contributed by atoms with van der Waals surface area (Å²) in [5.41, 5.74) is 1.56. The van der Waals surface area contributed by atoms with Gasteiger partial charge in [-0.1, -0.05) is 0 Å². The first-order chi connectivity index (χ1) is 9.95. The number of nitrogens with one attached hydrogen (secondary N) is 2. The molecular formula is C14H15FN4O2. The summed E-state index contributed by atoms with van der Waals surface area (Å²) < 4.78 is 14.2. The molecule has 0 atom stereocenters. The highest BCUT2D eigenvalue weighted by Gasteiger charge is 2.12. The molecule has 0 radical (unpaired) electrons. The molecule has 1 aromatic carbocycles. The van der Waals surface area contributed by atoms with Crippen LogP contribution in [0.2, 0.25) is 0 Å². The molecule has 0 spiro atoms. The number of hydrogen-bond acceptors (Lipinski definition) is 3. The second-order valence-electron chi connectivity index (χ2n) is 4.53. The molecule has 0 fully saturated rings. The molecule has 21 heavy (non-hydrogen) atoms. The van der Waals surface area contributed by atoms with Gasteiger partial charge in [-0.3, -0.25) is 14.3 Å². The number of carbonyl (C=O) groups excluding carboxylic acids is 2. The van der Waals surface area contributed by atoms with Crippen LogP contribution in [0.3, 0.4) is 0 Å². The van der Waals surface area contributed by atoms with E-state index in [4.69, 9.17) is 0 Å². The first-order valence-electron chi connectivity index (χ1n) is 6.30. The zero-order valence-electron chi connectivity index (χ0n) is 11.7. The van der Waals surface area contributed by atoms with Crippen molar-refractivity contribution in [2.45, 2.75) is 6.92 Å². The van der Waals surface area contributed by atoms with Gasteiger partial charge in [-0.05, 0) is 37.3 Å².